The van der Waals surface area contributed by atoms with Gasteiger partial charge in [-0.15, -0.1) is 0 Å². The number of rotatable bonds is 2. The van der Waals surface area contributed by atoms with Gasteiger partial charge in [-0.05, 0) is 17.8 Å². The van der Waals surface area contributed by atoms with Gasteiger partial charge in [-0.3, -0.25) is 4.57 Å². The van der Waals surface area contributed by atoms with Crippen molar-refractivity contribution in [1.29, 1.82) is 0 Å². The predicted molar refractivity (Wildman–Crippen MR) is 65.2 cm³/mol. The minimum absolute atomic E-state index is 0.104. The summed E-state index contributed by atoms with van der Waals surface area (Å²) < 4.78 is 1.98. The van der Waals surface area contributed by atoms with Crippen molar-refractivity contribution in [3.63, 3.8) is 0 Å². The molecule has 16 heavy (non-hydrogen) atoms. The van der Waals surface area contributed by atoms with Gasteiger partial charge in [0.1, 0.15) is 0 Å². The van der Waals surface area contributed by atoms with E-state index in [9.17, 15) is 0 Å². The van der Waals surface area contributed by atoms with E-state index in [0.717, 1.165) is 5.56 Å². The van der Waals surface area contributed by atoms with Crippen molar-refractivity contribution < 1.29 is 0 Å². The first-order chi connectivity index (χ1) is 7.66. The predicted octanol–water partition coefficient (Wildman–Crippen LogP) is 1.22. The van der Waals surface area contributed by atoms with E-state index in [2.05, 4.69) is 9.97 Å². The van der Waals surface area contributed by atoms with Gasteiger partial charge >= 0.3 is 0 Å². The second kappa shape index (κ2) is 4.28. The number of anilines is 2. The van der Waals surface area contributed by atoms with Gasteiger partial charge < -0.3 is 11.5 Å². The molecule has 2 rings (SSSR count). The van der Waals surface area contributed by atoms with Crippen LogP contribution in [0.1, 0.15) is 5.56 Å². The number of nitrogens with two attached hydrogens (primary N) is 2. The summed E-state index contributed by atoms with van der Waals surface area (Å²) >= 11 is 5.08. The molecule has 5 nitrogen and oxygen atoms in total. The lowest BCUT2D eigenvalue weighted by Gasteiger charge is -2.09. The van der Waals surface area contributed by atoms with Crippen molar-refractivity contribution in [2.75, 3.05) is 11.5 Å². The molecule has 1 heterocycles. The number of hydrogen-bond donors (Lipinski definition) is 2. The fourth-order valence-corrected chi connectivity index (χ4v) is 1.63. The van der Waals surface area contributed by atoms with Crippen molar-refractivity contribution in [3.8, 4) is 0 Å². The maximum atomic E-state index is 5.74. The van der Waals surface area contributed by atoms with E-state index in [1.807, 2.05) is 30.3 Å². The Morgan fingerprint density at radius 2 is 1.81 bits per heavy atom. The molecular weight excluding hydrogens is 222 g/mol. The van der Waals surface area contributed by atoms with Crippen molar-refractivity contribution in [1.82, 2.24) is 14.5 Å². The molecule has 0 saturated heterocycles. The molecule has 0 fully saturated rings. The Balaban J connectivity index is 2.39. The molecule has 6 heteroatoms. The van der Waals surface area contributed by atoms with E-state index in [1.165, 1.54) is 0 Å². The standard InChI is InChI=1S/C10H11N5S/c11-8-13-9(12)15(10(16)14-8)6-7-4-2-1-3-5-7/h1-5H,6H2,(H4,11,12,13,14,16). The zero-order chi connectivity index (χ0) is 11.5. The van der Waals surface area contributed by atoms with Crippen LogP contribution >= 0.6 is 12.2 Å². The average Bonchev–Trinajstić information content (AvgIpc) is 2.25. The van der Waals surface area contributed by atoms with Crippen molar-refractivity contribution in [2.45, 2.75) is 6.54 Å². The summed E-state index contributed by atoms with van der Waals surface area (Å²) in [6, 6.07) is 9.82. The maximum Gasteiger partial charge on any atom is 0.225 e. The van der Waals surface area contributed by atoms with Gasteiger partial charge in [0.25, 0.3) is 0 Å². The largest absolute Gasteiger partial charge is 0.369 e. The highest BCUT2D eigenvalue weighted by molar-refractivity contribution is 7.71. The monoisotopic (exact) mass is 233 g/mol. The normalized spacial score (nSPS) is 10.2. The molecule has 0 aliphatic rings. The zero-order valence-corrected chi connectivity index (χ0v) is 9.31. The summed E-state index contributed by atoms with van der Waals surface area (Å²) in [5, 5.41) is 0. The Morgan fingerprint density at radius 1 is 1.12 bits per heavy atom. The third-order valence-electron chi connectivity index (χ3n) is 2.13. The molecule has 82 valence electrons. The molecule has 0 saturated carbocycles. The van der Waals surface area contributed by atoms with Gasteiger partial charge in [-0.25, -0.2) is 0 Å². The first-order valence-electron chi connectivity index (χ1n) is 4.70. The van der Waals surface area contributed by atoms with E-state index in [1.54, 1.807) is 4.57 Å². The summed E-state index contributed by atoms with van der Waals surface area (Å²) in [5.74, 6) is 0.383. The lowest BCUT2D eigenvalue weighted by molar-refractivity contribution is 0.742. The Bertz CT molecular complexity index is 549. The summed E-state index contributed by atoms with van der Waals surface area (Å²) in [6.45, 7) is 0.547. The zero-order valence-electron chi connectivity index (χ0n) is 8.50. The van der Waals surface area contributed by atoms with Gasteiger partial charge in [0.2, 0.25) is 16.7 Å². The Hall–Kier alpha value is -1.95. The van der Waals surface area contributed by atoms with Gasteiger partial charge in [-0.2, -0.15) is 9.97 Å². The Morgan fingerprint density at radius 3 is 2.44 bits per heavy atom. The number of benzene rings is 1. The highest BCUT2D eigenvalue weighted by Gasteiger charge is 2.03. The number of nitrogen functional groups attached to an aromatic ring is 2. The first kappa shape index (κ1) is 10.6. The van der Waals surface area contributed by atoms with Crippen LogP contribution in [0.4, 0.5) is 11.9 Å². The quantitative estimate of drug-likeness (QED) is 0.762. The molecule has 2 aromatic rings. The summed E-state index contributed by atoms with van der Waals surface area (Å²) in [6.07, 6.45) is 0. The molecule has 0 amide bonds. The van der Waals surface area contributed by atoms with Gasteiger partial charge in [-0.1, -0.05) is 30.3 Å². The van der Waals surface area contributed by atoms with Gasteiger partial charge in [0, 0.05) is 0 Å². The Labute approximate surface area is 97.8 Å². The molecule has 0 aliphatic heterocycles. The molecule has 1 aromatic carbocycles. The van der Waals surface area contributed by atoms with Crippen LogP contribution in [-0.4, -0.2) is 14.5 Å². The summed E-state index contributed by atoms with van der Waals surface area (Å²) in [5.41, 5.74) is 12.3. The Kier molecular flexibility index (Phi) is 2.82. The molecule has 0 spiro atoms. The lowest BCUT2D eigenvalue weighted by atomic mass is 10.2. The third-order valence-corrected chi connectivity index (χ3v) is 2.44. The fraction of sp³-hybridized carbons (Fsp3) is 0.100. The minimum Gasteiger partial charge on any atom is -0.369 e. The SMILES string of the molecule is Nc1nc(N)n(Cc2ccccc2)c(=S)n1. The molecular formula is C10H11N5S. The van der Waals surface area contributed by atoms with E-state index in [0.29, 0.717) is 11.3 Å². The molecule has 0 radical (unpaired) electrons. The third kappa shape index (κ3) is 2.17. The van der Waals surface area contributed by atoms with Crippen LogP contribution in [-0.2, 0) is 6.54 Å². The number of aromatic nitrogens is 3. The van der Waals surface area contributed by atoms with E-state index in [-0.39, 0.29) is 11.9 Å². The summed E-state index contributed by atoms with van der Waals surface area (Å²) in [4.78, 5) is 7.77. The van der Waals surface area contributed by atoms with Crippen molar-refractivity contribution >= 4 is 24.1 Å². The van der Waals surface area contributed by atoms with Crippen LogP contribution < -0.4 is 11.5 Å². The number of hydrogen-bond acceptors (Lipinski definition) is 5. The van der Waals surface area contributed by atoms with Gasteiger partial charge in [0.05, 0.1) is 6.54 Å². The molecule has 4 N–H and O–H groups in total. The fourth-order valence-electron chi connectivity index (χ4n) is 1.37. The second-order valence-electron chi connectivity index (χ2n) is 3.29. The van der Waals surface area contributed by atoms with Gasteiger partial charge in [0.15, 0.2) is 0 Å². The lowest BCUT2D eigenvalue weighted by Crippen LogP contribution is -2.13. The molecule has 0 atom stereocenters. The van der Waals surface area contributed by atoms with Crippen molar-refractivity contribution in [3.05, 3.63) is 40.7 Å². The van der Waals surface area contributed by atoms with E-state index in [4.69, 9.17) is 23.7 Å². The highest BCUT2D eigenvalue weighted by Crippen LogP contribution is 2.07. The smallest absolute Gasteiger partial charge is 0.225 e. The van der Waals surface area contributed by atoms with Crippen LogP contribution in [0.15, 0.2) is 30.3 Å². The first-order valence-corrected chi connectivity index (χ1v) is 5.11. The van der Waals surface area contributed by atoms with Crippen LogP contribution in [0.5, 0.6) is 0 Å². The molecule has 0 bridgehead atoms. The van der Waals surface area contributed by atoms with Crippen LogP contribution in [0.2, 0.25) is 0 Å². The van der Waals surface area contributed by atoms with Crippen LogP contribution in [0.3, 0.4) is 0 Å². The van der Waals surface area contributed by atoms with Crippen LogP contribution in [0, 0.1) is 4.77 Å². The number of nitrogens with zero attached hydrogens (tertiary/aromatic N) is 3. The topological polar surface area (TPSA) is 82.7 Å². The van der Waals surface area contributed by atoms with Crippen molar-refractivity contribution in [2.24, 2.45) is 0 Å². The van der Waals surface area contributed by atoms with E-state index >= 15 is 0 Å². The minimum atomic E-state index is 0.104. The maximum absolute atomic E-state index is 5.74. The van der Waals surface area contributed by atoms with Crippen LogP contribution in [0.25, 0.3) is 0 Å². The molecule has 0 unspecified atom stereocenters. The molecule has 0 aliphatic carbocycles. The average molecular weight is 233 g/mol. The molecule has 1 aromatic heterocycles. The second-order valence-corrected chi connectivity index (χ2v) is 3.66. The highest BCUT2D eigenvalue weighted by atomic mass is 32.1. The summed E-state index contributed by atoms with van der Waals surface area (Å²) in [7, 11) is 0. The van der Waals surface area contributed by atoms with E-state index < -0.39 is 0 Å².